The summed E-state index contributed by atoms with van der Waals surface area (Å²) in [6.45, 7) is 4.33. The SMILES string of the molecule is Cc1ccc(N(c2c3ccccc3cc3ccccc23)c2c3ccccc3c(N(c3ccc(C)cc3)c3c4ccccc4cc4ccccc34)c3ccccc23)cc1. The van der Waals surface area contributed by atoms with Crippen LogP contribution in [0.1, 0.15) is 11.1 Å². The van der Waals surface area contributed by atoms with Crippen molar-refractivity contribution in [1.29, 1.82) is 0 Å². The van der Waals surface area contributed by atoms with Gasteiger partial charge < -0.3 is 9.80 Å². The van der Waals surface area contributed by atoms with Gasteiger partial charge in [-0.25, -0.2) is 0 Å². The van der Waals surface area contributed by atoms with Crippen LogP contribution in [0.15, 0.2) is 206 Å². The Bertz CT molecular complexity index is 2970. The van der Waals surface area contributed by atoms with E-state index in [0.29, 0.717) is 0 Å². The van der Waals surface area contributed by atoms with E-state index in [-0.39, 0.29) is 0 Å². The predicted octanol–water partition coefficient (Wildman–Crippen LogP) is 16.2. The van der Waals surface area contributed by atoms with Crippen LogP contribution < -0.4 is 9.80 Å². The van der Waals surface area contributed by atoms with Crippen LogP contribution in [0.3, 0.4) is 0 Å². The van der Waals surface area contributed by atoms with Crippen molar-refractivity contribution in [2.45, 2.75) is 13.8 Å². The Morgan fingerprint density at radius 3 is 0.741 bits per heavy atom. The number of hydrogen-bond donors (Lipinski definition) is 0. The second kappa shape index (κ2) is 13.7. The summed E-state index contributed by atoms with van der Waals surface area (Å²) in [6, 6.07) is 76.1. The van der Waals surface area contributed by atoms with E-state index in [1.807, 2.05) is 0 Å². The molecule has 0 aliphatic heterocycles. The molecule has 274 valence electrons. The maximum Gasteiger partial charge on any atom is 0.0620 e. The van der Waals surface area contributed by atoms with Crippen molar-refractivity contribution in [2.75, 3.05) is 9.80 Å². The molecule has 0 aliphatic rings. The van der Waals surface area contributed by atoms with Gasteiger partial charge in [-0.1, -0.05) is 181 Å². The number of nitrogens with zero attached hydrogens (tertiary/aromatic N) is 2. The number of hydrogen-bond acceptors (Lipinski definition) is 2. The van der Waals surface area contributed by atoms with Crippen molar-refractivity contribution >= 4 is 98.8 Å². The summed E-state index contributed by atoms with van der Waals surface area (Å²) < 4.78 is 0. The summed E-state index contributed by atoms with van der Waals surface area (Å²) in [5.41, 5.74) is 9.36. The third-order valence-electron chi connectivity index (χ3n) is 11.8. The van der Waals surface area contributed by atoms with Gasteiger partial charge in [0.05, 0.1) is 22.7 Å². The van der Waals surface area contributed by atoms with Gasteiger partial charge in [0, 0.05) is 54.5 Å². The van der Waals surface area contributed by atoms with E-state index >= 15 is 0 Å². The third kappa shape index (κ3) is 5.41. The molecule has 0 saturated heterocycles. The first-order chi connectivity index (χ1) is 28.6. The highest BCUT2D eigenvalue weighted by Gasteiger charge is 2.28. The van der Waals surface area contributed by atoms with Crippen LogP contribution in [0, 0.1) is 13.8 Å². The molecule has 0 bridgehead atoms. The smallest absolute Gasteiger partial charge is 0.0620 e. The van der Waals surface area contributed by atoms with E-state index in [1.54, 1.807) is 0 Å². The highest BCUT2D eigenvalue weighted by molar-refractivity contribution is 6.27. The van der Waals surface area contributed by atoms with Crippen molar-refractivity contribution in [3.8, 4) is 0 Å². The molecule has 0 atom stereocenters. The topological polar surface area (TPSA) is 6.48 Å². The molecule has 0 fully saturated rings. The summed E-state index contributed by atoms with van der Waals surface area (Å²) >= 11 is 0. The first kappa shape index (κ1) is 33.9. The van der Waals surface area contributed by atoms with Crippen molar-refractivity contribution in [3.05, 3.63) is 217 Å². The molecule has 0 spiro atoms. The first-order valence-corrected chi connectivity index (χ1v) is 20.1. The standard InChI is InChI=1S/C56H40N2/c1-37-27-31-43(32-28-37)57(53-45-19-7-3-15-39(45)35-40-16-4-8-20-46(40)53)55-49-23-11-13-25-51(49)56(52-26-14-12-24-50(52)55)58(44-33-29-38(2)30-34-44)54-47-21-9-5-17-41(47)36-42-18-6-10-22-48(42)54/h3-36H,1-2H3. The molecule has 0 heterocycles. The Hall–Kier alpha value is -7.42. The van der Waals surface area contributed by atoms with Crippen LogP contribution in [-0.4, -0.2) is 0 Å². The average Bonchev–Trinajstić information content (AvgIpc) is 3.27. The third-order valence-corrected chi connectivity index (χ3v) is 11.8. The lowest BCUT2D eigenvalue weighted by Crippen LogP contribution is -2.15. The summed E-state index contributed by atoms with van der Waals surface area (Å²) in [5, 5.41) is 14.4. The van der Waals surface area contributed by atoms with E-state index in [2.05, 4.69) is 230 Å². The summed E-state index contributed by atoms with van der Waals surface area (Å²) in [7, 11) is 0. The van der Waals surface area contributed by atoms with Crippen LogP contribution in [-0.2, 0) is 0 Å². The molecule has 0 amide bonds. The van der Waals surface area contributed by atoms with Gasteiger partial charge in [0.2, 0.25) is 0 Å². The normalized spacial score (nSPS) is 11.6. The Kier molecular flexibility index (Phi) is 7.97. The molecule has 58 heavy (non-hydrogen) atoms. The highest BCUT2D eigenvalue weighted by Crippen LogP contribution is 2.54. The Balaban J connectivity index is 1.33. The van der Waals surface area contributed by atoms with Crippen LogP contribution in [0.2, 0.25) is 0 Å². The monoisotopic (exact) mass is 740 g/mol. The lowest BCUT2D eigenvalue weighted by molar-refractivity contribution is 1.31. The number of benzene rings is 11. The summed E-state index contributed by atoms with van der Waals surface area (Å²) in [5.74, 6) is 0. The van der Waals surface area contributed by atoms with Crippen molar-refractivity contribution < 1.29 is 0 Å². The minimum absolute atomic E-state index is 1.12. The predicted molar refractivity (Wildman–Crippen MR) is 250 cm³/mol. The largest absolute Gasteiger partial charge is 0.308 e. The van der Waals surface area contributed by atoms with Gasteiger partial charge >= 0.3 is 0 Å². The van der Waals surface area contributed by atoms with E-state index in [9.17, 15) is 0 Å². The van der Waals surface area contributed by atoms with Gasteiger partial charge in [0.15, 0.2) is 0 Å². The maximum atomic E-state index is 2.54. The fourth-order valence-electron chi connectivity index (χ4n) is 9.15. The fourth-order valence-corrected chi connectivity index (χ4v) is 9.15. The van der Waals surface area contributed by atoms with Gasteiger partial charge in [-0.3, -0.25) is 0 Å². The zero-order chi connectivity index (χ0) is 38.7. The van der Waals surface area contributed by atoms with E-state index < -0.39 is 0 Å². The average molecular weight is 741 g/mol. The molecule has 0 aliphatic carbocycles. The van der Waals surface area contributed by atoms with E-state index in [0.717, 1.165) is 22.7 Å². The molecule has 11 aromatic rings. The van der Waals surface area contributed by atoms with Crippen LogP contribution in [0.25, 0.3) is 64.6 Å². The van der Waals surface area contributed by atoms with Crippen LogP contribution >= 0.6 is 0 Å². The van der Waals surface area contributed by atoms with Gasteiger partial charge in [-0.15, -0.1) is 0 Å². The zero-order valence-corrected chi connectivity index (χ0v) is 32.5. The van der Waals surface area contributed by atoms with Crippen LogP contribution in [0.5, 0.6) is 0 Å². The molecule has 11 aromatic carbocycles. The molecular weight excluding hydrogens is 701 g/mol. The number of fused-ring (bicyclic) bond motifs is 6. The first-order valence-electron chi connectivity index (χ1n) is 20.1. The second-order valence-electron chi connectivity index (χ2n) is 15.5. The lowest BCUT2D eigenvalue weighted by Gasteiger charge is -2.34. The molecule has 0 saturated carbocycles. The van der Waals surface area contributed by atoms with Gasteiger partial charge in [-0.05, 0) is 71.8 Å². The highest BCUT2D eigenvalue weighted by atomic mass is 15.2. The molecule has 0 N–H and O–H groups in total. The number of anilines is 6. The second-order valence-corrected chi connectivity index (χ2v) is 15.5. The van der Waals surface area contributed by atoms with Crippen LogP contribution in [0.4, 0.5) is 34.1 Å². The fraction of sp³-hybridized carbons (Fsp3) is 0.0357. The quantitative estimate of drug-likeness (QED) is 0.124. The molecule has 0 aromatic heterocycles. The summed E-state index contributed by atoms with van der Waals surface area (Å²) in [4.78, 5) is 5.09. The molecule has 2 nitrogen and oxygen atoms in total. The van der Waals surface area contributed by atoms with E-state index in [4.69, 9.17) is 0 Å². The lowest BCUT2D eigenvalue weighted by atomic mass is 9.93. The number of rotatable bonds is 6. The molecule has 0 unspecified atom stereocenters. The Labute approximate surface area is 338 Å². The minimum atomic E-state index is 1.12. The molecule has 2 heteroatoms. The molecule has 11 rings (SSSR count). The Morgan fingerprint density at radius 2 is 0.466 bits per heavy atom. The van der Waals surface area contributed by atoms with Gasteiger partial charge in [-0.2, -0.15) is 0 Å². The van der Waals surface area contributed by atoms with Crippen molar-refractivity contribution in [2.24, 2.45) is 0 Å². The summed E-state index contributed by atoms with van der Waals surface area (Å²) in [6.07, 6.45) is 0. The van der Waals surface area contributed by atoms with Crippen molar-refractivity contribution in [3.63, 3.8) is 0 Å². The maximum absolute atomic E-state index is 2.54. The Morgan fingerprint density at radius 1 is 0.241 bits per heavy atom. The minimum Gasteiger partial charge on any atom is -0.308 e. The van der Waals surface area contributed by atoms with Gasteiger partial charge in [0.1, 0.15) is 0 Å². The molecule has 0 radical (unpaired) electrons. The number of aryl methyl sites for hydroxylation is 2. The zero-order valence-electron chi connectivity index (χ0n) is 32.5. The van der Waals surface area contributed by atoms with Gasteiger partial charge in [0.25, 0.3) is 0 Å². The molecular formula is C56H40N2. The van der Waals surface area contributed by atoms with E-state index in [1.165, 1.54) is 87.1 Å². The van der Waals surface area contributed by atoms with Crippen molar-refractivity contribution in [1.82, 2.24) is 0 Å².